The lowest BCUT2D eigenvalue weighted by atomic mass is 10.1. The summed E-state index contributed by atoms with van der Waals surface area (Å²) in [5.41, 5.74) is 6.00. The van der Waals surface area contributed by atoms with Crippen LogP contribution in [0.2, 0.25) is 5.02 Å². The Morgan fingerprint density at radius 1 is 1.65 bits per heavy atom. The van der Waals surface area contributed by atoms with Gasteiger partial charge in [0.1, 0.15) is 11.7 Å². The van der Waals surface area contributed by atoms with E-state index in [2.05, 4.69) is 18.8 Å². The number of hydrogen-bond donors (Lipinski definition) is 2. The van der Waals surface area contributed by atoms with E-state index < -0.39 is 0 Å². The highest BCUT2D eigenvalue weighted by atomic mass is 35.5. The lowest BCUT2D eigenvalue weighted by Crippen LogP contribution is -2.25. The van der Waals surface area contributed by atoms with Gasteiger partial charge < -0.3 is 10.6 Å². The quantitative estimate of drug-likeness (QED) is 0.627. The van der Waals surface area contributed by atoms with E-state index in [1.807, 2.05) is 11.9 Å². The van der Waals surface area contributed by atoms with E-state index in [4.69, 9.17) is 22.7 Å². The van der Waals surface area contributed by atoms with Crippen molar-refractivity contribution < 1.29 is 0 Å². The summed E-state index contributed by atoms with van der Waals surface area (Å²) < 4.78 is 0. The Balaban J connectivity index is 2.98. The Morgan fingerprint density at radius 2 is 2.29 bits per heavy atom. The Kier molecular flexibility index (Phi) is 4.75. The monoisotopic (exact) mass is 254 g/mol. The summed E-state index contributed by atoms with van der Waals surface area (Å²) in [4.78, 5) is 6.25. The van der Waals surface area contributed by atoms with Gasteiger partial charge in [-0.3, -0.25) is 5.41 Å². The molecule has 0 aromatic carbocycles. The highest BCUT2D eigenvalue weighted by Crippen LogP contribution is 2.26. The van der Waals surface area contributed by atoms with Crippen LogP contribution in [0.1, 0.15) is 25.8 Å². The fraction of sp³-hybridized carbons (Fsp3) is 0.500. The van der Waals surface area contributed by atoms with Crippen LogP contribution in [-0.2, 0) is 0 Å². The van der Waals surface area contributed by atoms with Gasteiger partial charge in [-0.2, -0.15) is 0 Å². The zero-order valence-corrected chi connectivity index (χ0v) is 11.3. The average molecular weight is 255 g/mol. The molecule has 94 valence electrons. The minimum atomic E-state index is -0.0319. The van der Waals surface area contributed by atoms with Gasteiger partial charge in [-0.25, -0.2) is 4.98 Å². The molecule has 0 amide bonds. The predicted octanol–water partition coefficient (Wildman–Crippen LogP) is 2.50. The number of halogens is 1. The first kappa shape index (κ1) is 13.8. The van der Waals surface area contributed by atoms with Crippen molar-refractivity contribution in [2.45, 2.75) is 20.3 Å². The van der Waals surface area contributed by atoms with Gasteiger partial charge in [-0.15, -0.1) is 0 Å². The molecule has 1 rings (SSSR count). The molecule has 0 radical (unpaired) electrons. The molecule has 0 saturated heterocycles. The van der Waals surface area contributed by atoms with Crippen molar-refractivity contribution in [2.24, 2.45) is 11.7 Å². The van der Waals surface area contributed by atoms with Crippen LogP contribution in [0.5, 0.6) is 0 Å². The van der Waals surface area contributed by atoms with Crippen molar-refractivity contribution in [3.63, 3.8) is 0 Å². The number of rotatable bonds is 5. The molecule has 0 saturated carbocycles. The lowest BCUT2D eigenvalue weighted by Gasteiger charge is -2.23. The highest BCUT2D eigenvalue weighted by molar-refractivity contribution is 6.36. The molecule has 17 heavy (non-hydrogen) atoms. The summed E-state index contributed by atoms with van der Waals surface area (Å²) in [7, 11) is 1.95. The van der Waals surface area contributed by atoms with Crippen LogP contribution in [0, 0.1) is 11.3 Å². The van der Waals surface area contributed by atoms with Crippen molar-refractivity contribution >= 4 is 23.3 Å². The summed E-state index contributed by atoms with van der Waals surface area (Å²) in [6.45, 7) is 5.21. The maximum atomic E-state index is 7.44. The molecular formula is C12H19ClN4. The zero-order valence-electron chi connectivity index (χ0n) is 10.5. The van der Waals surface area contributed by atoms with E-state index in [1.165, 1.54) is 0 Å². The molecule has 3 N–H and O–H groups in total. The molecule has 1 atom stereocenters. The third-order valence-corrected chi connectivity index (χ3v) is 3.18. The number of nitrogen functional groups attached to an aromatic ring is 1. The molecule has 0 aliphatic heterocycles. The predicted molar refractivity (Wildman–Crippen MR) is 73.0 cm³/mol. The van der Waals surface area contributed by atoms with Crippen LogP contribution in [-0.4, -0.2) is 24.4 Å². The fourth-order valence-corrected chi connectivity index (χ4v) is 1.95. The van der Waals surface area contributed by atoms with Gasteiger partial charge in [0.2, 0.25) is 0 Å². The zero-order chi connectivity index (χ0) is 13.0. The fourth-order valence-electron chi connectivity index (χ4n) is 1.59. The van der Waals surface area contributed by atoms with Gasteiger partial charge in [0.05, 0.1) is 5.02 Å². The Labute approximate surface area is 107 Å². The van der Waals surface area contributed by atoms with E-state index in [9.17, 15) is 0 Å². The Morgan fingerprint density at radius 3 is 2.82 bits per heavy atom. The van der Waals surface area contributed by atoms with E-state index in [0.717, 1.165) is 13.0 Å². The van der Waals surface area contributed by atoms with E-state index in [-0.39, 0.29) is 5.84 Å². The molecule has 5 heteroatoms. The molecule has 0 spiro atoms. The van der Waals surface area contributed by atoms with Crippen LogP contribution in [0.4, 0.5) is 5.82 Å². The first-order chi connectivity index (χ1) is 7.97. The number of nitrogens with two attached hydrogens (primary N) is 1. The van der Waals surface area contributed by atoms with E-state index in [0.29, 0.717) is 22.3 Å². The maximum Gasteiger partial charge on any atom is 0.147 e. The van der Waals surface area contributed by atoms with Gasteiger partial charge >= 0.3 is 0 Å². The van der Waals surface area contributed by atoms with E-state index in [1.54, 1.807) is 12.3 Å². The standard InChI is InChI=1S/C12H19ClN4/c1-4-8(2)7-17(3)12-10(13)9(11(14)15)5-6-16-12/h5-6,8H,4,7H2,1-3H3,(H3,14,15). The molecule has 1 heterocycles. The molecular weight excluding hydrogens is 236 g/mol. The molecule has 1 aromatic heterocycles. The van der Waals surface area contributed by atoms with Crippen LogP contribution < -0.4 is 10.6 Å². The first-order valence-corrected chi connectivity index (χ1v) is 6.05. The maximum absolute atomic E-state index is 7.44. The number of pyridine rings is 1. The number of aromatic nitrogens is 1. The second-order valence-electron chi connectivity index (χ2n) is 4.30. The summed E-state index contributed by atoms with van der Waals surface area (Å²) in [6.07, 6.45) is 2.74. The van der Waals surface area contributed by atoms with Crippen LogP contribution >= 0.6 is 11.6 Å². The third kappa shape index (κ3) is 3.33. The lowest BCUT2D eigenvalue weighted by molar-refractivity contribution is 0.558. The smallest absolute Gasteiger partial charge is 0.147 e. The summed E-state index contributed by atoms with van der Waals surface area (Å²) in [5.74, 6) is 1.22. The number of nitrogens with one attached hydrogen (secondary N) is 1. The summed E-state index contributed by atoms with van der Waals surface area (Å²) >= 11 is 6.20. The molecule has 0 aliphatic rings. The number of hydrogen-bond acceptors (Lipinski definition) is 3. The molecule has 1 unspecified atom stereocenters. The van der Waals surface area contributed by atoms with Crippen molar-refractivity contribution in [1.82, 2.24) is 4.98 Å². The molecule has 0 bridgehead atoms. The second-order valence-corrected chi connectivity index (χ2v) is 4.68. The van der Waals surface area contributed by atoms with Gasteiger partial charge in [-0.05, 0) is 12.0 Å². The molecule has 0 aliphatic carbocycles. The normalized spacial score (nSPS) is 12.2. The third-order valence-electron chi connectivity index (χ3n) is 2.81. The average Bonchev–Trinajstić information content (AvgIpc) is 2.28. The van der Waals surface area contributed by atoms with Crippen molar-refractivity contribution in [1.29, 1.82) is 5.41 Å². The molecule has 0 fully saturated rings. The van der Waals surface area contributed by atoms with Crippen molar-refractivity contribution in [2.75, 3.05) is 18.5 Å². The largest absolute Gasteiger partial charge is 0.384 e. The van der Waals surface area contributed by atoms with Crippen LogP contribution in [0.15, 0.2) is 12.3 Å². The van der Waals surface area contributed by atoms with Gasteiger partial charge in [0.25, 0.3) is 0 Å². The summed E-state index contributed by atoms with van der Waals surface area (Å²) in [5, 5.41) is 7.89. The highest BCUT2D eigenvalue weighted by Gasteiger charge is 2.14. The SMILES string of the molecule is CCC(C)CN(C)c1nccc(C(=N)N)c1Cl. The van der Waals surface area contributed by atoms with Gasteiger partial charge in [-0.1, -0.05) is 31.9 Å². The molecule has 1 aromatic rings. The minimum Gasteiger partial charge on any atom is -0.384 e. The van der Waals surface area contributed by atoms with Crippen LogP contribution in [0.25, 0.3) is 0 Å². The van der Waals surface area contributed by atoms with Crippen molar-refractivity contribution in [3.05, 3.63) is 22.8 Å². The van der Waals surface area contributed by atoms with Gasteiger partial charge in [0.15, 0.2) is 0 Å². The Hall–Kier alpha value is -1.29. The summed E-state index contributed by atoms with van der Waals surface area (Å²) in [6, 6.07) is 1.66. The number of amidine groups is 1. The number of nitrogens with zero attached hydrogens (tertiary/aromatic N) is 2. The van der Waals surface area contributed by atoms with Gasteiger partial charge in [0, 0.05) is 25.4 Å². The first-order valence-electron chi connectivity index (χ1n) is 5.67. The van der Waals surface area contributed by atoms with Crippen LogP contribution in [0.3, 0.4) is 0 Å². The molecule has 4 nitrogen and oxygen atoms in total. The van der Waals surface area contributed by atoms with E-state index >= 15 is 0 Å². The number of anilines is 1. The van der Waals surface area contributed by atoms with Crippen molar-refractivity contribution in [3.8, 4) is 0 Å². The minimum absolute atomic E-state index is 0.0319. The topological polar surface area (TPSA) is 66.0 Å². The Bertz CT molecular complexity index is 405. The second kappa shape index (κ2) is 5.87.